The van der Waals surface area contributed by atoms with Crippen LogP contribution < -0.4 is 48.7 Å². The van der Waals surface area contributed by atoms with E-state index in [-0.39, 0.29) is 37.3 Å². The van der Waals surface area contributed by atoms with Crippen LogP contribution in [-0.4, -0.2) is 134 Å². The number of carbonyl (C=O) groups is 11. The molecule has 2 aromatic rings. The zero-order valence-corrected chi connectivity index (χ0v) is 39.6. The summed E-state index contributed by atoms with van der Waals surface area (Å²) in [5.74, 6) is -13.2. The molecule has 0 aromatic heterocycles. The third-order valence-corrected chi connectivity index (χ3v) is 10.6. The normalized spacial score (nSPS) is 14.5. The molecule has 7 amide bonds. The van der Waals surface area contributed by atoms with Crippen molar-refractivity contribution in [2.45, 2.75) is 134 Å². The maximum atomic E-state index is 14.1. The molecule has 0 heterocycles. The molecule has 24 nitrogen and oxygen atoms in total. The van der Waals surface area contributed by atoms with E-state index in [1.807, 2.05) is 0 Å². The van der Waals surface area contributed by atoms with Crippen molar-refractivity contribution in [1.29, 1.82) is 0 Å². The van der Waals surface area contributed by atoms with E-state index in [1.165, 1.54) is 6.07 Å². The molecule has 2 rings (SSSR count). The van der Waals surface area contributed by atoms with Crippen molar-refractivity contribution in [2.75, 3.05) is 5.73 Å². The number of rotatable bonds is 30. The molecular weight excluding hydrogens is 919 g/mol. The fraction of sp³-hybridized carbons (Fsp3) is 0.500. The number of anilines is 1. The van der Waals surface area contributed by atoms with Gasteiger partial charge in [-0.05, 0) is 61.3 Å². The van der Waals surface area contributed by atoms with Crippen molar-refractivity contribution in [3.8, 4) is 0 Å². The minimum absolute atomic E-state index is 0.0116. The van der Waals surface area contributed by atoms with Crippen molar-refractivity contribution < 1.29 is 73.2 Å². The van der Waals surface area contributed by atoms with Crippen molar-refractivity contribution in [2.24, 2.45) is 17.6 Å². The lowest BCUT2D eigenvalue weighted by Gasteiger charge is -2.28. The fourth-order valence-corrected chi connectivity index (χ4v) is 6.80. The Kier molecular flexibility index (Phi) is 23.9. The van der Waals surface area contributed by atoms with Crippen LogP contribution >= 0.6 is 0 Å². The number of carboxylic acid groups (broad SMARTS) is 4. The van der Waals surface area contributed by atoms with E-state index in [0.29, 0.717) is 11.1 Å². The second kappa shape index (κ2) is 28.6. The van der Waals surface area contributed by atoms with Crippen LogP contribution in [0.25, 0.3) is 0 Å². The monoisotopic (exact) mass is 983 g/mol. The van der Waals surface area contributed by atoms with Gasteiger partial charge in [0.2, 0.25) is 41.4 Å². The summed E-state index contributed by atoms with van der Waals surface area (Å²) in [6.45, 7) is 7.85. The summed E-state index contributed by atoms with van der Waals surface area (Å²) in [6, 6.07) is 2.50. The third kappa shape index (κ3) is 21.1. The molecule has 384 valence electrons. The van der Waals surface area contributed by atoms with E-state index in [0.717, 1.165) is 6.92 Å². The van der Waals surface area contributed by atoms with Crippen molar-refractivity contribution in [1.82, 2.24) is 37.2 Å². The average Bonchev–Trinajstić information content (AvgIpc) is 3.27. The predicted octanol–water partition coefficient (Wildman–Crippen LogP) is -1.21. The van der Waals surface area contributed by atoms with Gasteiger partial charge >= 0.3 is 23.9 Å². The molecule has 0 aliphatic rings. The van der Waals surface area contributed by atoms with Crippen LogP contribution in [0.4, 0.5) is 5.69 Å². The Morgan fingerprint density at radius 3 is 1.56 bits per heavy atom. The Morgan fingerprint density at radius 2 is 1.00 bits per heavy atom. The number of amides is 7. The Bertz CT molecular complexity index is 2190. The van der Waals surface area contributed by atoms with Crippen LogP contribution in [0.15, 0.2) is 54.6 Å². The number of aliphatic carboxylic acids is 4. The topological polar surface area (TPSA) is 405 Å². The third-order valence-electron chi connectivity index (χ3n) is 10.6. The van der Waals surface area contributed by atoms with Gasteiger partial charge in [0.05, 0.1) is 12.5 Å². The maximum absolute atomic E-state index is 14.1. The van der Waals surface area contributed by atoms with Crippen LogP contribution in [-0.2, 0) is 65.6 Å². The summed E-state index contributed by atoms with van der Waals surface area (Å²) in [5.41, 5.74) is 13.1. The van der Waals surface area contributed by atoms with Gasteiger partial charge in [0.25, 0.3) is 0 Å². The van der Waals surface area contributed by atoms with E-state index < -0.39 is 145 Å². The molecule has 0 saturated carbocycles. The van der Waals surface area contributed by atoms with Crippen LogP contribution in [0.1, 0.15) is 84.3 Å². The lowest BCUT2D eigenvalue weighted by molar-refractivity contribution is -0.143. The molecule has 0 spiro atoms. The van der Waals surface area contributed by atoms with Gasteiger partial charge in [-0.25, -0.2) is 4.79 Å². The molecule has 15 N–H and O–H groups in total. The predicted molar refractivity (Wildman–Crippen MR) is 250 cm³/mol. The van der Waals surface area contributed by atoms with Crippen LogP contribution in [0.2, 0.25) is 0 Å². The first-order chi connectivity index (χ1) is 32.8. The highest BCUT2D eigenvalue weighted by molar-refractivity contribution is 5.98. The quantitative estimate of drug-likeness (QED) is 0.0408. The van der Waals surface area contributed by atoms with Gasteiger partial charge in [0.1, 0.15) is 42.3 Å². The summed E-state index contributed by atoms with van der Waals surface area (Å²) < 4.78 is 0. The fourth-order valence-electron chi connectivity index (χ4n) is 6.80. The molecule has 0 aliphatic heterocycles. The molecule has 24 heteroatoms. The Balaban J connectivity index is 2.36. The first-order valence-electron chi connectivity index (χ1n) is 22.4. The van der Waals surface area contributed by atoms with E-state index in [2.05, 4.69) is 37.2 Å². The van der Waals surface area contributed by atoms with Crippen LogP contribution in [0, 0.1) is 11.8 Å². The summed E-state index contributed by atoms with van der Waals surface area (Å²) in [4.78, 5) is 142. The number of nitrogens with one attached hydrogen (secondary N) is 7. The highest BCUT2D eigenvalue weighted by Crippen LogP contribution is 2.13. The summed E-state index contributed by atoms with van der Waals surface area (Å²) in [5, 5.41) is 54.6. The molecule has 8 atom stereocenters. The number of nitrogens with two attached hydrogens (primary N) is 2. The lowest BCUT2D eigenvalue weighted by atomic mass is 9.98. The van der Waals surface area contributed by atoms with Gasteiger partial charge in [-0.1, -0.05) is 70.2 Å². The first kappa shape index (κ1) is 58.5. The molecule has 2 aromatic carbocycles. The molecule has 70 heavy (non-hydrogen) atoms. The average molecular weight is 984 g/mol. The summed E-state index contributed by atoms with van der Waals surface area (Å²) in [6.07, 6.45) is -3.21. The van der Waals surface area contributed by atoms with Crippen molar-refractivity contribution in [3.05, 3.63) is 65.7 Å². The van der Waals surface area contributed by atoms with Gasteiger partial charge in [0.15, 0.2) is 0 Å². The zero-order chi connectivity index (χ0) is 52.8. The van der Waals surface area contributed by atoms with Crippen LogP contribution in [0.3, 0.4) is 0 Å². The number of carboxylic acids is 4. The Morgan fingerprint density at radius 1 is 0.500 bits per heavy atom. The lowest BCUT2D eigenvalue weighted by Crippen LogP contribution is -2.61. The zero-order valence-electron chi connectivity index (χ0n) is 39.6. The minimum Gasteiger partial charge on any atom is -0.481 e. The highest BCUT2D eigenvalue weighted by Gasteiger charge is 2.35. The molecular formula is C46H65N9O15. The number of hydrogen-bond acceptors (Lipinski definition) is 13. The SMILES string of the molecule is CC(C)C[C@H](NC(=O)[C@@H](NC(=O)[C@@H](N)CCC(=O)O)C(C)C)C(=O)N[C@@H](Cc1cccc(N)c1)C(=O)N[C@@H](CC(=O)O)C(=O)N[C@@H](C)C(=O)N[C@@H](CCC(=O)O)C(=O)N[C@@H](Cc1ccccc1)C(=O)O. The second-order valence-corrected chi connectivity index (χ2v) is 17.4. The smallest absolute Gasteiger partial charge is 0.326 e. The van der Waals surface area contributed by atoms with E-state index >= 15 is 0 Å². The molecule has 0 aliphatic carbocycles. The van der Waals surface area contributed by atoms with E-state index in [4.69, 9.17) is 16.6 Å². The van der Waals surface area contributed by atoms with Gasteiger partial charge < -0.3 is 69.1 Å². The first-order valence-corrected chi connectivity index (χ1v) is 22.4. The van der Waals surface area contributed by atoms with Gasteiger partial charge in [-0.3, -0.25) is 47.9 Å². The van der Waals surface area contributed by atoms with E-state index in [1.54, 1.807) is 76.2 Å². The minimum atomic E-state index is -1.90. The van der Waals surface area contributed by atoms with Crippen LogP contribution in [0.5, 0.6) is 0 Å². The van der Waals surface area contributed by atoms with Gasteiger partial charge in [-0.15, -0.1) is 0 Å². The number of carbonyl (C=O) groups excluding carboxylic acids is 7. The molecule has 0 fully saturated rings. The number of hydrogen-bond donors (Lipinski definition) is 13. The number of benzene rings is 2. The van der Waals surface area contributed by atoms with Gasteiger partial charge in [0, 0.05) is 31.4 Å². The largest absolute Gasteiger partial charge is 0.481 e. The van der Waals surface area contributed by atoms with Crippen molar-refractivity contribution >= 4 is 70.9 Å². The standard InChI is InChI=1S/C46H65N9O15/c1-23(2)18-31(53-45(68)38(24(3)4)55-40(63)29(48)14-16-35(56)57)43(66)51-32(21-27-12-9-13-28(47)19-27)44(67)52-33(22-37(60)61)42(65)49-25(5)39(62)50-30(15-17-36(58)59)41(64)54-34(46(69)70)20-26-10-7-6-8-11-26/h6-13,19,23-25,29-34,38H,14-18,20-22,47-48H2,1-5H3,(H,49,65)(H,50,62)(H,51,66)(H,52,67)(H,53,68)(H,54,64)(H,55,63)(H,56,57)(H,58,59)(H,60,61)(H,69,70)/t25-,29-,30-,31-,32-,33-,34-,38-/m0/s1. The number of nitrogen functional groups attached to an aromatic ring is 1. The Hall–Kier alpha value is -7.63. The Labute approximate surface area is 403 Å². The summed E-state index contributed by atoms with van der Waals surface area (Å²) >= 11 is 0. The molecule has 0 saturated heterocycles. The molecule has 0 unspecified atom stereocenters. The van der Waals surface area contributed by atoms with E-state index in [9.17, 15) is 68.1 Å². The molecule has 0 radical (unpaired) electrons. The van der Waals surface area contributed by atoms with Crippen molar-refractivity contribution in [3.63, 3.8) is 0 Å². The highest BCUT2D eigenvalue weighted by atomic mass is 16.4. The van der Waals surface area contributed by atoms with Gasteiger partial charge in [-0.2, -0.15) is 0 Å². The molecule has 0 bridgehead atoms. The maximum Gasteiger partial charge on any atom is 0.326 e. The second-order valence-electron chi connectivity index (χ2n) is 17.4. The summed E-state index contributed by atoms with van der Waals surface area (Å²) in [7, 11) is 0.